The van der Waals surface area contributed by atoms with E-state index in [0.717, 1.165) is 5.56 Å². The molecule has 0 radical (unpaired) electrons. The van der Waals surface area contributed by atoms with Crippen LogP contribution in [0.5, 0.6) is 5.75 Å². The topological polar surface area (TPSA) is 112 Å². The highest BCUT2D eigenvalue weighted by Gasteiger charge is 2.35. The van der Waals surface area contributed by atoms with Crippen molar-refractivity contribution < 1.29 is 19.1 Å². The van der Waals surface area contributed by atoms with Gasteiger partial charge in [0, 0.05) is 17.7 Å². The molecule has 1 aliphatic heterocycles. The Morgan fingerprint density at radius 2 is 1.88 bits per heavy atom. The molecule has 1 atom stereocenters. The Labute approximate surface area is 187 Å². The standard InChI is InChI=1S/C24H28N4O4/c1-23(2,3)32-22(30)26-16-10-11-20-17(12-16)19(13-24(4,5)31-20)28-21(29)27-18-9-7-6-8-15(18)14-25/h6-12,19H,13H2,1-5H3,(H,26,30)(H2,27,28,29)/t19-/m0/s1. The summed E-state index contributed by atoms with van der Waals surface area (Å²) in [4.78, 5) is 24.9. The monoisotopic (exact) mass is 436 g/mol. The number of amides is 3. The van der Waals surface area contributed by atoms with Crippen molar-refractivity contribution >= 4 is 23.5 Å². The fraction of sp³-hybridized carbons (Fsp3) is 0.375. The van der Waals surface area contributed by atoms with Crippen LogP contribution in [0.25, 0.3) is 0 Å². The molecule has 8 nitrogen and oxygen atoms in total. The van der Waals surface area contributed by atoms with Gasteiger partial charge < -0.3 is 20.1 Å². The lowest BCUT2D eigenvalue weighted by molar-refractivity contribution is 0.0631. The molecule has 3 amide bonds. The number of fused-ring (bicyclic) bond motifs is 1. The summed E-state index contributed by atoms with van der Waals surface area (Å²) in [6.07, 6.45) is -0.0479. The van der Waals surface area contributed by atoms with Gasteiger partial charge in [-0.2, -0.15) is 5.26 Å². The number of nitrogens with one attached hydrogen (secondary N) is 3. The van der Waals surface area contributed by atoms with E-state index < -0.39 is 23.3 Å². The number of nitrogens with zero attached hydrogens (tertiary/aromatic N) is 1. The van der Waals surface area contributed by atoms with Gasteiger partial charge in [-0.1, -0.05) is 12.1 Å². The molecule has 1 aliphatic rings. The molecule has 0 unspecified atom stereocenters. The van der Waals surface area contributed by atoms with Gasteiger partial charge in [-0.15, -0.1) is 0 Å². The Morgan fingerprint density at radius 1 is 1.16 bits per heavy atom. The SMILES string of the molecule is CC(C)(C)OC(=O)Nc1ccc2c(c1)[C@@H](NC(=O)Nc1ccccc1C#N)CC(C)(C)O2. The molecule has 3 N–H and O–H groups in total. The molecule has 0 bridgehead atoms. The Hall–Kier alpha value is -3.73. The summed E-state index contributed by atoms with van der Waals surface area (Å²) in [5, 5.41) is 17.7. The van der Waals surface area contributed by atoms with E-state index in [2.05, 4.69) is 22.0 Å². The highest BCUT2D eigenvalue weighted by Crippen LogP contribution is 2.40. The number of para-hydroxylation sites is 1. The summed E-state index contributed by atoms with van der Waals surface area (Å²) in [6.45, 7) is 9.26. The molecule has 1 heterocycles. The summed E-state index contributed by atoms with van der Waals surface area (Å²) >= 11 is 0. The Kier molecular flexibility index (Phi) is 6.30. The number of nitriles is 1. The zero-order chi connectivity index (χ0) is 23.5. The average molecular weight is 437 g/mol. The number of urea groups is 1. The minimum atomic E-state index is -0.618. The maximum absolute atomic E-state index is 12.7. The highest BCUT2D eigenvalue weighted by atomic mass is 16.6. The van der Waals surface area contributed by atoms with Crippen molar-refractivity contribution in [1.29, 1.82) is 5.26 Å². The van der Waals surface area contributed by atoms with Gasteiger partial charge in [0.05, 0.1) is 17.3 Å². The smallest absolute Gasteiger partial charge is 0.412 e. The molecule has 0 saturated heterocycles. The van der Waals surface area contributed by atoms with Crippen molar-refractivity contribution in [1.82, 2.24) is 5.32 Å². The van der Waals surface area contributed by atoms with Crippen LogP contribution in [0.1, 0.15) is 58.2 Å². The number of ether oxygens (including phenoxy) is 2. The Balaban J connectivity index is 1.80. The van der Waals surface area contributed by atoms with E-state index in [1.807, 2.05) is 13.8 Å². The number of hydrogen-bond acceptors (Lipinski definition) is 5. The van der Waals surface area contributed by atoms with Gasteiger partial charge in [0.25, 0.3) is 0 Å². The van der Waals surface area contributed by atoms with Crippen LogP contribution in [0.15, 0.2) is 42.5 Å². The summed E-state index contributed by atoms with van der Waals surface area (Å²) in [5.41, 5.74) is 0.951. The van der Waals surface area contributed by atoms with Crippen LogP contribution in [0.4, 0.5) is 21.0 Å². The molecule has 0 saturated carbocycles. The number of anilines is 2. The Morgan fingerprint density at radius 3 is 2.56 bits per heavy atom. The lowest BCUT2D eigenvalue weighted by Gasteiger charge is -2.38. The maximum Gasteiger partial charge on any atom is 0.412 e. The first-order valence-electron chi connectivity index (χ1n) is 10.4. The molecule has 2 aromatic carbocycles. The van der Waals surface area contributed by atoms with Crippen LogP contribution in [0.3, 0.4) is 0 Å². The predicted molar refractivity (Wildman–Crippen MR) is 122 cm³/mol. The second-order valence-electron chi connectivity index (χ2n) is 9.25. The molecule has 0 aliphatic carbocycles. The summed E-state index contributed by atoms with van der Waals surface area (Å²) in [7, 11) is 0. The van der Waals surface area contributed by atoms with Crippen molar-refractivity contribution in [2.75, 3.05) is 10.6 Å². The molecule has 0 aromatic heterocycles. The quantitative estimate of drug-likeness (QED) is 0.602. The van der Waals surface area contributed by atoms with Gasteiger partial charge in [-0.25, -0.2) is 9.59 Å². The van der Waals surface area contributed by atoms with Crippen LogP contribution in [-0.2, 0) is 4.74 Å². The van der Waals surface area contributed by atoms with Crippen LogP contribution < -0.4 is 20.7 Å². The van der Waals surface area contributed by atoms with Crippen molar-refractivity contribution in [3.05, 3.63) is 53.6 Å². The third-order valence-electron chi connectivity index (χ3n) is 4.71. The fourth-order valence-electron chi connectivity index (χ4n) is 3.49. The van der Waals surface area contributed by atoms with E-state index >= 15 is 0 Å². The summed E-state index contributed by atoms with van der Waals surface area (Å²) in [6, 6.07) is 13.3. The van der Waals surface area contributed by atoms with Crippen LogP contribution in [0, 0.1) is 11.3 Å². The lowest BCUT2D eigenvalue weighted by Crippen LogP contribution is -2.42. The number of hydrogen-bond donors (Lipinski definition) is 3. The maximum atomic E-state index is 12.7. The minimum Gasteiger partial charge on any atom is -0.487 e. The first kappa shape index (κ1) is 22.9. The molecule has 0 spiro atoms. The molecule has 3 rings (SSSR count). The van der Waals surface area contributed by atoms with Crippen molar-refractivity contribution in [2.45, 2.75) is 58.3 Å². The predicted octanol–water partition coefficient (Wildman–Crippen LogP) is 5.33. The zero-order valence-electron chi connectivity index (χ0n) is 18.9. The van der Waals surface area contributed by atoms with Crippen LogP contribution >= 0.6 is 0 Å². The van der Waals surface area contributed by atoms with E-state index in [-0.39, 0.29) is 6.04 Å². The second-order valence-corrected chi connectivity index (χ2v) is 9.25. The number of rotatable bonds is 3. The van der Waals surface area contributed by atoms with E-state index in [1.54, 1.807) is 63.2 Å². The number of carbonyl (C=O) groups is 2. The number of benzene rings is 2. The molecular formula is C24H28N4O4. The third kappa shape index (κ3) is 5.91. The lowest BCUT2D eigenvalue weighted by atomic mass is 9.89. The number of carbonyl (C=O) groups excluding carboxylic acids is 2. The van der Waals surface area contributed by atoms with Crippen molar-refractivity contribution in [3.8, 4) is 11.8 Å². The van der Waals surface area contributed by atoms with Crippen LogP contribution in [0.2, 0.25) is 0 Å². The minimum absolute atomic E-state index is 0.372. The van der Waals surface area contributed by atoms with E-state index in [9.17, 15) is 14.9 Å². The first-order valence-corrected chi connectivity index (χ1v) is 10.4. The van der Waals surface area contributed by atoms with Gasteiger partial charge in [0.2, 0.25) is 0 Å². The van der Waals surface area contributed by atoms with E-state index in [4.69, 9.17) is 9.47 Å². The Bertz CT molecular complexity index is 1070. The molecule has 2 aromatic rings. The first-order chi connectivity index (χ1) is 15.0. The van der Waals surface area contributed by atoms with Crippen molar-refractivity contribution in [2.24, 2.45) is 0 Å². The highest BCUT2D eigenvalue weighted by molar-refractivity contribution is 5.91. The second kappa shape index (κ2) is 8.79. The van der Waals surface area contributed by atoms with Gasteiger partial charge in [-0.3, -0.25) is 5.32 Å². The van der Waals surface area contributed by atoms with Gasteiger partial charge in [0.15, 0.2) is 0 Å². The zero-order valence-corrected chi connectivity index (χ0v) is 18.9. The average Bonchev–Trinajstić information content (AvgIpc) is 2.66. The van der Waals surface area contributed by atoms with Crippen molar-refractivity contribution in [3.63, 3.8) is 0 Å². The molecule has 32 heavy (non-hydrogen) atoms. The summed E-state index contributed by atoms with van der Waals surface area (Å²) < 4.78 is 11.4. The molecular weight excluding hydrogens is 408 g/mol. The third-order valence-corrected chi connectivity index (χ3v) is 4.71. The van der Waals surface area contributed by atoms with Gasteiger partial charge in [-0.05, 0) is 65.0 Å². The molecule has 168 valence electrons. The normalized spacial score (nSPS) is 16.6. The van der Waals surface area contributed by atoms with E-state index in [0.29, 0.717) is 29.1 Å². The molecule has 8 heteroatoms. The van der Waals surface area contributed by atoms with Crippen LogP contribution in [-0.4, -0.2) is 23.3 Å². The summed E-state index contributed by atoms with van der Waals surface area (Å²) in [5.74, 6) is 0.624. The van der Waals surface area contributed by atoms with E-state index in [1.165, 1.54) is 0 Å². The molecule has 0 fully saturated rings. The van der Waals surface area contributed by atoms with Gasteiger partial charge >= 0.3 is 12.1 Å². The van der Waals surface area contributed by atoms with Gasteiger partial charge in [0.1, 0.15) is 23.0 Å². The fourth-order valence-corrected chi connectivity index (χ4v) is 3.49. The largest absolute Gasteiger partial charge is 0.487 e.